The van der Waals surface area contributed by atoms with Crippen molar-refractivity contribution in [2.75, 3.05) is 13.2 Å². The summed E-state index contributed by atoms with van der Waals surface area (Å²) in [6.45, 7) is 3.03. The molecule has 0 amide bonds. The van der Waals surface area contributed by atoms with Gasteiger partial charge in [0.25, 0.3) is 0 Å². The molecule has 0 unspecified atom stereocenters. The van der Waals surface area contributed by atoms with E-state index >= 15 is 0 Å². The number of rotatable bonds is 6. The molecule has 1 N–H and O–H groups in total. The summed E-state index contributed by atoms with van der Waals surface area (Å²) < 4.78 is 6.69. The lowest BCUT2D eigenvalue weighted by molar-refractivity contribution is 0.265. The van der Waals surface area contributed by atoms with Crippen molar-refractivity contribution in [3.63, 3.8) is 0 Å². The van der Waals surface area contributed by atoms with Crippen LogP contribution in [0.4, 0.5) is 0 Å². The third-order valence-corrected chi connectivity index (χ3v) is 2.70. The van der Waals surface area contributed by atoms with Gasteiger partial charge in [-0.15, -0.1) is 0 Å². The Balaban J connectivity index is 2.33. The fraction of sp³-hybridized carbons (Fsp3) is 0.500. The van der Waals surface area contributed by atoms with Gasteiger partial charge in [0.05, 0.1) is 6.61 Å². The molecule has 0 aliphatic rings. The number of halogens is 1. The molecule has 0 radical (unpaired) electrons. The van der Waals surface area contributed by atoms with Gasteiger partial charge in [-0.2, -0.15) is 0 Å². The summed E-state index contributed by atoms with van der Waals surface area (Å²) in [7, 11) is 0. The Labute approximate surface area is 99.4 Å². The number of aryl methyl sites for hydroxylation is 1. The monoisotopic (exact) mass is 272 g/mol. The van der Waals surface area contributed by atoms with E-state index in [4.69, 9.17) is 9.84 Å². The van der Waals surface area contributed by atoms with E-state index in [0.717, 1.165) is 41.7 Å². The fourth-order valence-electron chi connectivity index (χ4n) is 1.30. The Hall–Kier alpha value is -0.540. The molecule has 0 spiro atoms. The summed E-state index contributed by atoms with van der Waals surface area (Å²) in [6, 6.07) is 6.03. The van der Waals surface area contributed by atoms with Crippen LogP contribution in [0.25, 0.3) is 0 Å². The lowest BCUT2D eigenvalue weighted by atomic mass is 10.2. The van der Waals surface area contributed by atoms with Gasteiger partial charge in [-0.1, -0.05) is 22.0 Å². The zero-order chi connectivity index (χ0) is 11.1. The lowest BCUT2D eigenvalue weighted by Crippen LogP contribution is -1.99. The molecule has 0 aliphatic carbocycles. The second-order valence-corrected chi connectivity index (χ2v) is 4.46. The molecule has 1 aromatic rings. The first-order chi connectivity index (χ1) is 7.24. The molecule has 0 saturated heterocycles. The average Bonchev–Trinajstić information content (AvgIpc) is 2.23. The summed E-state index contributed by atoms with van der Waals surface area (Å²) in [5.74, 6) is 0.938. The highest BCUT2D eigenvalue weighted by molar-refractivity contribution is 9.10. The van der Waals surface area contributed by atoms with E-state index in [0.29, 0.717) is 0 Å². The van der Waals surface area contributed by atoms with Gasteiger partial charge in [-0.25, -0.2) is 0 Å². The van der Waals surface area contributed by atoms with Crippen molar-refractivity contribution in [2.45, 2.75) is 26.2 Å². The minimum atomic E-state index is 0.274. The predicted octanol–water partition coefficient (Wildman–Crippen LogP) is 3.30. The van der Waals surface area contributed by atoms with Crippen LogP contribution in [0.1, 0.15) is 24.8 Å². The van der Waals surface area contributed by atoms with Gasteiger partial charge in [0.1, 0.15) is 5.75 Å². The number of benzene rings is 1. The van der Waals surface area contributed by atoms with Crippen LogP contribution in [-0.2, 0) is 0 Å². The minimum Gasteiger partial charge on any atom is -0.493 e. The number of aliphatic hydroxyl groups is 1. The quantitative estimate of drug-likeness (QED) is 0.806. The zero-order valence-electron chi connectivity index (χ0n) is 9.00. The maximum atomic E-state index is 8.62. The smallest absolute Gasteiger partial charge is 0.123 e. The number of unbranched alkanes of at least 4 members (excludes halogenated alkanes) is 2. The summed E-state index contributed by atoms with van der Waals surface area (Å²) in [4.78, 5) is 0. The van der Waals surface area contributed by atoms with Gasteiger partial charge >= 0.3 is 0 Å². The molecule has 84 valence electrons. The molecule has 0 fully saturated rings. The number of ether oxygens (including phenoxy) is 1. The van der Waals surface area contributed by atoms with Gasteiger partial charge in [0.15, 0.2) is 0 Å². The molecule has 0 atom stereocenters. The van der Waals surface area contributed by atoms with Crippen LogP contribution in [0.3, 0.4) is 0 Å². The first kappa shape index (κ1) is 12.5. The molecule has 2 nitrogen and oxygen atoms in total. The standard InChI is InChI=1S/C12H17BrO2/c1-10-5-6-11(13)9-12(10)15-8-4-2-3-7-14/h5-6,9,14H,2-4,7-8H2,1H3. The molecule has 0 aliphatic heterocycles. The van der Waals surface area contributed by atoms with E-state index in [1.807, 2.05) is 25.1 Å². The van der Waals surface area contributed by atoms with Crippen molar-refractivity contribution in [3.8, 4) is 5.75 Å². The second-order valence-electron chi connectivity index (χ2n) is 3.54. The molecule has 15 heavy (non-hydrogen) atoms. The van der Waals surface area contributed by atoms with Crippen LogP contribution in [0, 0.1) is 6.92 Å². The Morgan fingerprint density at radius 1 is 1.27 bits per heavy atom. The van der Waals surface area contributed by atoms with E-state index < -0.39 is 0 Å². The lowest BCUT2D eigenvalue weighted by Gasteiger charge is -2.09. The normalized spacial score (nSPS) is 10.3. The van der Waals surface area contributed by atoms with E-state index in [9.17, 15) is 0 Å². The summed E-state index contributed by atoms with van der Waals surface area (Å²) in [5, 5.41) is 8.62. The van der Waals surface area contributed by atoms with E-state index in [1.54, 1.807) is 0 Å². The molecule has 1 aromatic carbocycles. The van der Waals surface area contributed by atoms with Gasteiger partial charge in [-0.05, 0) is 43.9 Å². The summed E-state index contributed by atoms with van der Waals surface area (Å²) in [6.07, 6.45) is 2.87. The third kappa shape index (κ3) is 4.67. The van der Waals surface area contributed by atoms with Crippen LogP contribution in [0.15, 0.2) is 22.7 Å². The Morgan fingerprint density at radius 3 is 2.80 bits per heavy atom. The van der Waals surface area contributed by atoms with Crippen molar-refractivity contribution < 1.29 is 9.84 Å². The Bertz CT molecular complexity index is 300. The second kappa shape index (κ2) is 6.85. The Morgan fingerprint density at radius 2 is 2.07 bits per heavy atom. The molecule has 3 heteroatoms. The van der Waals surface area contributed by atoms with Crippen molar-refractivity contribution in [2.24, 2.45) is 0 Å². The van der Waals surface area contributed by atoms with Crippen LogP contribution in [-0.4, -0.2) is 18.3 Å². The van der Waals surface area contributed by atoms with E-state index in [-0.39, 0.29) is 6.61 Å². The van der Waals surface area contributed by atoms with Gasteiger partial charge < -0.3 is 9.84 Å². The SMILES string of the molecule is Cc1ccc(Br)cc1OCCCCCO. The van der Waals surface area contributed by atoms with Gasteiger partial charge in [0, 0.05) is 11.1 Å². The first-order valence-corrected chi connectivity index (χ1v) is 6.03. The fourth-order valence-corrected chi connectivity index (χ4v) is 1.64. The van der Waals surface area contributed by atoms with E-state index in [2.05, 4.69) is 15.9 Å². The van der Waals surface area contributed by atoms with Crippen LogP contribution < -0.4 is 4.74 Å². The van der Waals surface area contributed by atoms with E-state index in [1.165, 1.54) is 0 Å². The van der Waals surface area contributed by atoms with Crippen molar-refractivity contribution in [1.82, 2.24) is 0 Å². The number of hydrogen-bond donors (Lipinski definition) is 1. The molecule has 0 aromatic heterocycles. The van der Waals surface area contributed by atoms with Crippen LogP contribution >= 0.6 is 15.9 Å². The first-order valence-electron chi connectivity index (χ1n) is 5.24. The van der Waals surface area contributed by atoms with Crippen LogP contribution in [0.5, 0.6) is 5.75 Å². The van der Waals surface area contributed by atoms with Crippen molar-refractivity contribution in [1.29, 1.82) is 0 Å². The zero-order valence-corrected chi connectivity index (χ0v) is 10.6. The largest absolute Gasteiger partial charge is 0.493 e. The predicted molar refractivity (Wildman–Crippen MR) is 65.3 cm³/mol. The molecule has 1 rings (SSSR count). The highest BCUT2D eigenvalue weighted by atomic mass is 79.9. The highest BCUT2D eigenvalue weighted by Crippen LogP contribution is 2.23. The van der Waals surface area contributed by atoms with Crippen molar-refractivity contribution in [3.05, 3.63) is 28.2 Å². The van der Waals surface area contributed by atoms with Crippen LogP contribution in [0.2, 0.25) is 0 Å². The Kier molecular flexibility index (Phi) is 5.73. The number of aliphatic hydroxyl groups excluding tert-OH is 1. The molecular formula is C12H17BrO2. The highest BCUT2D eigenvalue weighted by Gasteiger charge is 1.99. The maximum absolute atomic E-state index is 8.62. The summed E-state index contributed by atoms with van der Waals surface area (Å²) >= 11 is 3.42. The summed E-state index contributed by atoms with van der Waals surface area (Å²) in [5.41, 5.74) is 1.15. The topological polar surface area (TPSA) is 29.5 Å². The number of hydrogen-bond acceptors (Lipinski definition) is 2. The molecule has 0 saturated carbocycles. The molecule has 0 heterocycles. The molecule has 0 bridgehead atoms. The van der Waals surface area contributed by atoms with Gasteiger partial charge in [-0.3, -0.25) is 0 Å². The average molecular weight is 273 g/mol. The maximum Gasteiger partial charge on any atom is 0.123 e. The molecular weight excluding hydrogens is 256 g/mol. The third-order valence-electron chi connectivity index (χ3n) is 2.21. The minimum absolute atomic E-state index is 0.274. The van der Waals surface area contributed by atoms with Crippen molar-refractivity contribution >= 4 is 15.9 Å². The van der Waals surface area contributed by atoms with Gasteiger partial charge in [0.2, 0.25) is 0 Å².